The van der Waals surface area contributed by atoms with E-state index in [-0.39, 0.29) is 6.54 Å². The van der Waals surface area contributed by atoms with Crippen LogP contribution in [0.4, 0.5) is 0 Å². The Labute approximate surface area is 77.0 Å². The molecule has 0 spiro atoms. The van der Waals surface area contributed by atoms with Gasteiger partial charge in [-0.05, 0) is 12.1 Å². The minimum absolute atomic E-state index is 0.0172. The van der Waals surface area contributed by atoms with Crippen LogP contribution in [0.5, 0.6) is 0 Å². The number of hydrogen-bond acceptors (Lipinski definition) is 4. The summed E-state index contributed by atoms with van der Waals surface area (Å²) in [5, 5.41) is 18.7. The van der Waals surface area contributed by atoms with Crippen LogP contribution in [0.3, 0.4) is 0 Å². The van der Waals surface area contributed by atoms with Gasteiger partial charge in [-0.3, -0.25) is 0 Å². The molecule has 0 aliphatic carbocycles. The molecule has 0 aromatic carbocycles. The molecule has 0 amide bonds. The third-order valence-electron chi connectivity index (χ3n) is 1.93. The largest absolute Gasteiger partial charge is 0.463 e. The highest BCUT2D eigenvalue weighted by atomic mass is 16.4. The van der Waals surface area contributed by atoms with Gasteiger partial charge in [0.1, 0.15) is 17.6 Å². The van der Waals surface area contributed by atoms with Gasteiger partial charge >= 0.3 is 0 Å². The normalized spacial score (nSPS) is 15.7. The van der Waals surface area contributed by atoms with Crippen LogP contribution >= 0.6 is 0 Å². The van der Waals surface area contributed by atoms with Gasteiger partial charge in [0.2, 0.25) is 0 Å². The second kappa shape index (κ2) is 4.41. The Morgan fingerprint density at radius 3 is 2.62 bits per heavy atom. The van der Waals surface area contributed by atoms with E-state index in [1.54, 1.807) is 12.1 Å². The van der Waals surface area contributed by atoms with E-state index in [4.69, 9.17) is 10.2 Å². The van der Waals surface area contributed by atoms with Crippen molar-refractivity contribution < 1.29 is 14.6 Å². The SMILES string of the molecule is CCc1ccc(C(O)C(O)CN)o1. The molecule has 1 rings (SSSR count). The zero-order valence-corrected chi connectivity index (χ0v) is 7.60. The van der Waals surface area contributed by atoms with Gasteiger partial charge in [-0.1, -0.05) is 6.92 Å². The number of nitrogens with two attached hydrogens (primary N) is 1. The summed E-state index contributed by atoms with van der Waals surface area (Å²) in [6.45, 7) is 1.97. The minimum Gasteiger partial charge on any atom is -0.463 e. The molecular formula is C9H15NO3. The van der Waals surface area contributed by atoms with Crippen molar-refractivity contribution in [1.29, 1.82) is 0 Å². The van der Waals surface area contributed by atoms with E-state index in [1.807, 2.05) is 6.92 Å². The van der Waals surface area contributed by atoms with Crippen LogP contribution in [-0.4, -0.2) is 22.9 Å². The first kappa shape index (κ1) is 10.2. The lowest BCUT2D eigenvalue weighted by atomic mass is 10.1. The standard InChI is InChI=1S/C9H15NO3/c1-2-6-3-4-8(13-6)9(12)7(11)5-10/h3-4,7,9,11-12H,2,5,10H2,1H3. The first-order chi connectivity index (χ1) is 6.19. The molecule has 0 saturated carbocycles. The first-order valence-corrected chi connectivity index (χ1v) is 4.33. The third kappa shape index (κ3) is 2.30. The maximum atomic E-state index is 9.47. The average Bonchev–Trinajstić information content (AvgIpc) is 2.63. The summed E-state index contributed by atoms with van der Waals surface area (Å²) in [5.74, 6) is 1.16. The summed E-state index contributed by atoms with van der Waals surface area (Å²) in [5.41, 5.74) is 5.20. The predicted molar refractivity (Wildman–Crippen MR) is 48.1 cm³/mol. The van der Waals surface area contributed by atoms with E-state index in [9.17, 15) is 10.2 Å². The predicted octanol–water partition coefficient (Wildman–Crippen LogP) is 0.195. The summed E-state index contributed by atoms with van der Waals surface area (Å²) in [7, 11) is 0. The highest BCUT2D eigenvalue weighted by Gasteiger charge is 2.19. The van der Waals surface area contributed by atoms with E-state index in [2.05, 4.69) is 0 Å². The number of aliphatic hydroxyl groups excluding tert-OH is 2. The van der Waals surface area contributed by atoms with E-state index < -0.39 is 12.2 Å². The van der Waals surface area contributed by atoms with Crippen LogP contribution < -0.4 is 5.73 Å². The van der Waals surface area contributed by atoms with Crippen molar-refractivity contribution in [3.8, 4) is 0 Å². The number of aliphatic hydroxyl groups is 2. The van der Waals surface area contributed by atoms with Crippen LogP contribution in [-0.2, 0) is 6.42 Å². The highest BCUT2D eigenvalue weighted by molar-refractivity contribution is 5.10. The molecule has 0 radical (unpaired) electrons. The van der Waals surface area contributed by atoms with Gasteiger partial charge in [-0.2, -0.15) is 0 Å². The summed E-state index contributed by atoms with van der Waals surface area (Å²) < 4.78 is 5.25. The molecule has 0 bridgehead atoms. The topological polar surface area (TPSA) is 79.6 Å². The monoisotopic (exact) mass is 185 g/mol. The van der Waals surface area contributed by atoms with E-state index in [1.165, 1.54) is 0 Å². The Balaban J connectivity index is 2.70. The lowest BCUT2D eigenvalue weighted by Crippen LogP contribution is -2.26. The molecule has 0 aliphatic heterocycles. The molecule has 0 saturated heterocycles. The second-order valence-corrected chi connectivity index (χ2v) is 2.91. The van der Waals surface area contributed by atoms with Gasteiger partial charge in [0.05, 0.1) is 6.10 Å². The van der Waals surface area contributed by atoms with Crippen molar-refractivity contribution >= 4 is 0 Å². The van der Waals surface area contributed by atoms with Crippen molar-refractivity contribution in [2.75, 3.05) is 6.54 Å². The molecule has 4 nitrogen and oxygen atoms in total. The van der Waals surface area contributed by atoms with Crippen molar-refractivity contribution in [1.82, 2.24) is 0 Å². The molecule has 4 heteroatoms. The lowest BCUT2D eigenvalue weighted by Gasteiger charge is -2.12. The maximum absolute atomic E-state index is 9.47. The summed E-state index contributed by atoms with van der Waals surface area (Å²) in [6, 6.07) is 3.43. The molecule has 0 aliphatic rings. The third-order valence-corrected chi connectivity index (χ3v) is 1.93. The van der Waals surface area contributed by atoms with E-state index in [0.717, 1.165) is 12.2 Å². The van der Waals surface area contributed by atoms with Crippen molar-refractivity contribution in [2.24, 2.45) is 5.73 Å². The van der Waals surface area contributed by atoms with Gasteiger partial charge < -0.3 is 20.4 Å². The number of hydrogen-bond donors (Lipinski definition) is 3. The van der Waals surface area contributed by atoms with Crippen LogP contribution in [0.15, 0.2) is 16.5 Å². The maximum Gasteiger partial charge on any atom is 0.139 e. The van der Waals surface area contributed by atoms with E-state index >= 15 is 0 Å². The fourth-order valence-corrected chi connectivity index (χ4v) is 1.06. The van der Waals surface area contributed by atoms with Gasteiger partial charge in [0.25, 0.3) is 0 Å². The van der Waals surface area contributed by atoms with Crippen LogP contribution in [0.2, 0.25) is 0 Å². The second-order valence-electron chi connectivity index (χ2n) is 2.91. The Kier molecular flexibility index (Phi) is 3.48. The molecule has 4 N–H and O–H groups in total. The van der Waals surface area contributed by atoms with Crippen molar-refractivity contribution in [3.05, 3.63) is 23.7 Å². The Hall–Kier alpha value is -0.840. The molecule has 2 unspecified atom stereocenters. The molecule has 0 fully saturated rings. The summed E-state index contributed by atoms with van der Waals surface area (Å²) in [6.07, 6.45) is -1.22. The zero-order valence-electron chi connectivity index (χ0n) is 7.60. The Morgan fingerprint density at radius 2 is 2.15 bits per heavy atom. The van der Waals surface area contributed by atoms with Gasteiger partial charge in [-0.25, -0.2) is 0 Å². The zero-order chi connectivity index (χ0) is 9.84. The number of rotatable bonds is 4. The molecule has 13 heavy (non-hydrogen) atoms. The summed E-state index contributed by atoms with van der Waals surface area (Å²) in [4.78, 5) is 0. The first-order valence-electron chi connectivity index (χ1n) is 4.33. The summed E-state index contributed by atoms with van der Waals surface area (Å²) >= 11 is 0. The number of aryl methyl sites for hydroxylation is 1. The highest BCUT2D eigenvalue weighted by Crippen LogP contribution is 2.19. The fourth-order valence-electron chi connectivity index (χ4n) is 1.06. The Morgan fingerprint density at radius 1 is 1.46 bits per heavy atom. The lowest BCUT2D eigenvalue weighted by molar-refractivity contribution is 0.0106. The molecule has 2 atom stereocenters. The molecular weight excluding hydrogens is 170 g/mol. The smallest absolute Gasteiger partial charge is 0.139 e. The molecule has 74 valence electrons. The fraction of sp³-hybridized carbons (Fsp3) is 0.556. The molecule has 1 aromatic heterocycles. The molecule has 1 heterocycles. The van der Waals surface area contributed by atoms with Crippen LogP contribution in [0, 0.1) is 0 Å². The Bertz CT molecular complexity index is 259. The van der Waals surface area contributed by atoms with Gasteiger partial charge in [-0.15, -0.1) is 0 Å². The minimum atomic E-state index is -1.02. The quantitative estimate of drug-likeness (QED) is 0.625. The van der Waals surface area contributed by atoms with Crippen molar-refractivity contribution in [3.63, 3.8) is 0 Å². The van der Waals surface area contributed by atoms with Crippen molar-refractivity contribution in [2.45, 2.75) is 25.6 Å². The van der Waals surface area contributed by atoms with Gasteiger partial charge in [0.15, 0.2) is 0 Å². The van der Waals surface area contributed by atoms with E-state index in [0.29, 0.717) is 5.76 Å². The van der Waals surface area contributed by atoms with Crippen LogP contribution in [0.1, 0.15) is 24.5 Å². The van der Waals surface area contributed by atoms with Gasteiger partial charge in [0, 0.05) is 13.0 Å². The number of furan rings is 1. The molecule has 1 aromatic rings. The average molecular weight is 185 g/mol. The van der Waals surface area contributed by atoms with Crippen LogP contribution in [0.25, 0.3) is 0 Å².